The van der Waals surface area contributed by atoms with Crippen LogP contribution < -0.4 is 5.32 Å². The molecule has 2 heterocycles. The van der Waals surface area contributed by atoms with E-state index in [4.69, 9.17) is 0 Å². The molecular formula is C18H32IN7. The highest BCUT2D eigenvalue weighted by atomic mass is 127. The van der Waals surface area contributed by atoms with Gasteiger partial charge in [-0.1, -0.05) is 6.42 Å². The summed E-state index contributed by atoms with van der Waals surface area (Å²) in [7, 11) is 3.87. The van der Waals surface area contributed by atoms with Gasteiger partial charge in [0.15, 0.2) is 11.8 Å². The molecule has 1 aliphatic heterocycles. The van der Waals surface area contributed by atoms with Crippen molar-refractivity contribution in [2.24, 2.45) is 23.9 Å². The number of aromatic nitrogens is 3. The van der Waals surface area contributed by atoms with E-state index in [0.29, 0.717) is 6.54 Å². The van der Waals surface area contributed by atoms with Gasteiger partial charge >= 0.3 is 0 Å². The van der Waals surface area contributed by atoms with Gasteiger partial charge in [0.2, 0.25) is 0 Å². The first-order valence-electron chi connectivity index (χ1n) is 9.70. The Morgan fingerprint density at radius 2 is 1.92 bits per heavy atom. The van der Waals surface area contributed by atoms with Crippen LogP contribution in [0.15, 0.2) is 4.99 Å². The molecule has 1 aromatic heterocycles. The van der Waals surface area contributed by atoms with E-state index >= 15 is 0 Å². The number of halogens is 1. The SMILES string of the molecule is CN=C(NCc1nnc(C)n1C)N1CCN(C2CC3CCC2C3)CC1.I. The molecule has 3 unspecified atom stereocenters. The largest absolute Gasteiger partial charge is 0.349 e. The van der Waals surface area contributed by atoms with Gasteiger partial charge in [-0.2, -0.15) is 0 Å². The minimum Gasteiger partial charge on any atom is -0.349 e. The van der Waals surface area contributed by atoms with Gasteiger partial charge in [-0.3, -0.25) is 9.89 Å². The molecule has 0 amide bonds. The van der Waals surface area contributed by atoms with Crippen molar-refractivity contribution in [3.05, 3.63) is 11.6 Å². The summed E-state index contributed by atoms with van der Waals surface area (Å²) >= 11 is 0. The number of rotatable bonds is 3. The van der Waals surface area contributed by atoms with Crippen molar-refractivity contribution in [3.63, 3.8) is 0 Å². The number of aliphatic imine (C=N–C) groups is 1. The molecule has 7 nitrogen and oxygen atoms in total. The number of piperazine rings is 1. The van der Waals surface area contributed by atoms with E-state index in [9.17, 15) is 0 Å². The minimum absolute atomic E-state index is 0. The molecule has 1 saturated heterocycles. The Kier molecular flexibility index (Phi) is 6.42. The van der Waals surface area contributed by atoms with Crippen molar-refractivity contribution in [1.82, 2.24) is 29.9 Å². The maximum absolute atomic E-state index is 4.48. The van der Waals surface area contributed by atoms with E-state index in [1.165, 1.54) is 25.7 Å². The zero-order chi connectivity index (χ0) is 17.4. The van der Waals surface area contributed by atoms with E-state index < -0.39 is 0 Å². The number of nitrogens with one attached hydrogen (secondary N) is 1. The standard InChI is InChI=1S/C18H31N7.HI/c1-13-21-22-17(23(13)3)12-20-18(19-2)25-8-6-24(7-9-25)16-11-14-4-5-15(16)10-14;/h14-16H,4-12H2,1-3H3,(H,19,20);1H. The Bertz CT molecular complexity index is 635. The molecule has 4 rings (SSSR count). The quantitative estimate of drug-likeness (QED) is 0.411. The number of aryl methyl sites for hydroxylation is 1. The topological polar surface area (TPSA) is 61.6 Å². The molecule has 2 bridgehead atoms. The summed E-state index contributed by atoms with van der Waals surface area (Å²) in [5, 5.41) is 11.8. The summed E-state index contributed by atoms with van der Waals surface area (Å²) in [6.07, 6.45) is 5.89. The smallest absolute Gasteiger partial charge is 0.194 e. The van der Waals surface area contributed by atoms with Gasteiger partial charge in [0.1, 0.15) is 5.82 Å². The third kappa shape index (κ3) is 3.85. The Labute approximate surface area is 173 Å². The van der Waals surface area contributed by atoms with Crippen LogP contribution in [0.3, 0.4) is 0 Å². The van der Waals surface area contributed by atoms with Crippen LogP contribution in [0.2, 0.25) is 0 Å². The van der Waals surface area contributed by atoms with Crippen LogP contribution >= 0.6 is 24.0 Å². The number of guanidine groups is 1. The summed E-state index contributed by atoms with van der Waals surface area (Å²) < 4.78 is 2.02. The number of hydrogen-bond acceptors (Lipinski definition) is 4. The molecule has 1 aromatic rings. The third-order valence-electron chi connectivity index (χ3n) is 6.58. The third-order valence-corrected chi connectivity index (χ3v) is 6.58. The summed E-state index contributed by atoms with van der Waals surface area (Å²) in [6.45, 7) is 7.09. The predicted molar refractivity (Wildman–Crippen MR) is 114 cm³/mol. The minimum atomic E-state index is 0. The summed E-state index contributed by atoms with van der Waals surface area (Å²) in [6, 6.07) is 0.859. The van der Waals surface area contributed by atoms with Crippen LogP contribution in [-0.4, -0.2) is 69.8 Å². The van der Waals surface area contributed by atoms with E-state index in [-0.39, 0.29) is 24.0 Å². The maximum Gasteiger partial charge on any atom is 0.194 e. The lowest BCUT2D eigenvalue weighted by Crippen LogP contribution is -2.55. The molecule has 26 heavy (non-hydrogen) atoms. The van der Waals surface area contributed by atoms with Crippen molar-refractivity contribution in [2.75, 3.05) is 33.2 Å². The van der Waals surface area contributed by atoms with Crippen LogP contribution in [0.4, 0.5) is 0 Å². The lowest BCUT2D eigenvalue weighted by molar-refractivity contribution is 0.0958. The van der Waals surface area contributed by atoms with Crippen LogP contribution in [0, 0.1) is 18.8 Å². The first-order valence-corrected chi connectivity index (χ1v) is 9.70. The van der Waals surface area contributed by atoms with Crippen molar-refractivity contribution >= 4 is 29.9 Å². The first kappa shape index (κ1) is 19.9. The molecule has 1 N–H and O–H groups in total. The molecule has 3 aliphatic rings. The lowest BCUT2D eigenvalue weighted by atomic mass is 9.93. The Balaban J connectivity index is 0.00000196. The highest BCUT2D eigenvalue weighted by Gasteiger charge is 2.42. The second-order valence-corrected chi connectivity index (χ2v) is 7.89. The monoisotopic (exact) mass is 473 g/mol. The Morgan fingerprint density at radius 1 is 1.15 bits per heavy atom. The van der Waals surface area contributed by atoms with E-state index in [2.05, 4.69) is 30.3 Å². The Hall–Kier alpha value is -0.900. The highest BCUT2D eigenvalue weighted by molar-refractivity contribution is 14.0. The fourth-order valence-electron chi connectivity index (χ4n) is 5.02. The molecule has 0 aromatic carbocycles. The van der Waals surface area contributed by atoms with Crippen LogP contribution in [0.5, 0.6) is 0 Å². The van der Waals surface area contributed by atoms with Gasteiger partial charge < -0.3 is 14.8 Å². The van der Waals surface area contributed by atoms with Crippen LogP contribution in [0.1, 0.15) is 37.3 Å². The fourth-order valence-corrected chi connectivity index (χ4v) is 5.02. The van der Waals surface area contributed by atoms with Gasteiger partial charge in [0, 0.05) is 46.3 Å². The van der Waals surface area contributed by atoms with Crippen molar-refractivity contribution in [1.29, 1.82) is 0 Å². The predicted octanol–water partition coefficient (Wildman–Crippen LogP) is 1.62. The van der Waals surface area contributed by atoms with Gasteiger partial charge in [0.25, 0.3) is 0 Å². The first-order chi connectivity index (χ1) is 12.2. The summed E-state index contributed by atoms with van der Waals surface area (Å²) in [5.74, 6) is 4.87. The fraction of sp³-hybridized carbons (Fsp3) is 0.833. The van der Waals surface area contributed by atoms with Crippen molar-refractivity contribution in [3.8, 4) is 0 Å². The maximum atomic E-state index is 4.48. The van der Waals surface area contributed by atoms with Crippen LogP contribution in [-0.2, 0) is 13.6 Å². The number of hydrogen-bond donors (Lipinski definition) is 1. The average Bonchev–Trinajstić information content (AvgIpc) is 3.34. The second kappa shape index (κ2) is 8.41. The zero-order valence-corrected chi connectivity index (χ0v) is 18.5. The molecule has 8 heteroatoms. The molecule has 3 atom stereocenters. The molecular weight excluding hydrogens is 441 g/mol. The molecule has 146 valence electrons. The number of fused-ring (bicyclic) bond motifs is 2. The normalized spacial score (nSPS) is 29.1. The van der Waals surface area contributed by atoms with Crippen molar-refractivity contribution in [2.45, 2.75) is 45.2 Å². The molecule has 0 spiro atoms. The van der Waals surface area contributed by atoms with Gasteiger partial charge in [-0.05, 0) is 38.0 Å². The van der Waals surface area contributed by atoms with Crippen LogP contribution in [0.25, 0.3) is 0 Å². The molecule has 3 fully saturated rings. The van der Waals surface area contributed by atoms with Crippen molar-refractivity contribution < 1.29 is 0 Å². The number of nitrogens with zero attached hydrogens (tertiary/aromatic N) is 6. The van der Waals surface area contributed by atoms with E-state index in [0.717, 1.165) is 61.7 Å². The van der Waals surface area contributed by atoms with Gasteiger partial charge in [-0.15, -0.1) is 34.2 Å². The Morgan fingerprint density at radius 3 is 2.46 bits per heavy atom. The molecule has 2 aliphatic carbocycles. The van der Waals surface area contributed by atoms with Gasteiger partial charge in [0.05, 0.1) is 6.54 Å². The van der Waals surface area contributed by atoms with E-state index in [1.807, 2.05) is 25.6 Å². The lowest BCUT2D eigenvalue weighted by Gasteiger charge is -2.41. The van der Waals surface area contributed by atoms with Gasteiger partial charge in [-0.25, -0.2) is 0 Å². The molecule has 2 saturated carbocycles. The summed E-state index contributed by atoms with van der Waals surface area (Å²) in [5.41, 5.74) is 0. The summed E-state index contributed by atoms with van der Waals surface area (Å²) in [4.78, 5) is 9.61. The second-order valence-electron chi connectivity index (χ2n) is 7.89. The highest BCUT2D eigenvalue weighted by Crippen LogP contribution is 2.46. The van der Waals surface area contributed by atoms with E-state index in [1.54, 1.807) is 0 Å². The zero-order valence-electron chi connectivity index (χ0n) is 16.2. The molecule has 0 radical (unpaired) electrons. The average molecular weight is 473 g/mol.